The van der Waals surface area contributed by atoms with Gasteiger partial charge in [-0.15, -0.1) is 0 Å². The molecule has 1 aliphatic heterocycles. The summed E-state index contributed by atoms with van der Waals surface area (Å²) in [4.78, 5) is 26.7. The van der Waals surface area contributed by atoms with Gasteiger partial charge in [0.1, 0.15) is 0 Å². The van der Waals surface area contributed by atoms with Crippen molar-refractivity contribution in [2.75, 3.05) is 20.1 Å². The van der Waals surface area contributed by atoms with Gasteiger partial charge in [0.2, 0.25) is 11.8 Å². The van der Waals surface area contributed by atoms with Crippen LogP contribution in [0.5, 0.6) is 0 Å². The second kappa shape index (κ2) is 7.05. The zero-order chi connectivity index (χ0) is 15.4. The van der Waals surface area contributed by atoms with Gasteiger partial charge in [0.25, 0.3) is 0 Å². The van der Waals surface area contributed by atoms with E-state index in [4.69, 9.17) is 11.6 Å². The van der Waals surface area contributed by atoms with Crippen LogP contribution in [0.25, 0.3) is 0 Å². The fraction of sp³-hybridized carbons (Fsp3) is 0.500. The van der Waals surface area contributed by atoms with E-state index < -0.39 is 0 Å². The Hall–Kier alpha value is -1.39. The molecule has 0 aliphatic carbocycles. The summed E-state index contributed by atoms with van der Waals surface area (Å²) in [5, 5.41) is 0.741. The summed E-state index contributed by atoms with van der Waals surface area (Å²) in [5.74, 6) is -0.0856. The van der Waals surface area contributed by atoms with Crippen LogP contribution in [0, 0.1) is 0 Å². The smallest absolute Gasteiger partial charge is 0.229 e. The highest BCUT2D eigenvalue weighted by Crippen LogP contribution is 2.14. The Labute approximate surface area is 130 Å². The molecule has 1 unspecified atom stereocenters. The largest absolute Gasteiger partial charge is 0.302 e. The molecular weight excluding hydrogens is 288 g/mol. The van der Waals surface area contributed by atoms with Crippen molar-refractivity contribution < 1.29 is 9.59 Å². The van der Waals surface area contributed by atoms with Crippen molar-refractivity contribution in [1.82, 2.24) is 9.80 Å². The number of carbonyl (C=O) groups is 2. The number of rotatable bonds is 6. The van der Waals surface area contributed by atoms with Gasteiger partial charge >= 0.3 is 0 Å². The summed E-state index contributed by atoms with van der Waals surface area (Å²) < 4.78 is 0. The lowest BCUT2D eigenvalue weighted by atomic mass is 10.1. The quantitative estimate of drug-likeness (QED) is 0.758. The molecule has 5 heteroatoms. The van der Waals surface area contributed by atoms with E-state index in [1.807, 2.05) is 31.3 Å². The summed E-state index contributed by atoms with van der Waals surface area (Å²) in [6.45, 7) is 3.33. The average Bonchev–Trinajstić information content (AvgIpc) is 2.78. The van der Waals surface area contributed by atoms with E-state index in [9.17, 15) is 9.59 Å². The van der Waals surface area contributed by atoms with Crippen molar-refractivity contribution in [1.29, 1.82) is 0 Å². The molecule has 2 amide bonds. The van der Waals surface area contributed by atoms with Crippen molar-refractivity contribution in [2.24, 2.45) is 0 Å². The van der Waals surface area contributed by atoms with E-state index in [-0.39, 0.29) is 11.8 Å². The van der Waals surface area contributed by atoms with E-state index in [1.54, 1.807) is 0 Å². The third kappa shape index (κ3) is 4.29. The number of hydrogen-bond donors (Lipinski definition) is 0. The normalized spacial score (nSPS) is 16.9. The van der Waals surface area contributed by atoms with Gasteiger partial charge < -0.3 is 4.90 Å². The minimum absolute atomic E-state index is 0.0428. The Bertz CT molecular complexity index is 500. The number of hydrogen-bond acceptors (Lipinski definition) is 3. The van der Waals surface area contributed by atoms with Crippen LogP contribution in [0.15, 0.2) is 24.3 Å². The Morgan fingerprint density at radius 3 is 2.33 bits per heavy atom. The number of benzene rings is 1. The first-order valence-corrected chi connectivity index (χ1v) is 7.63. The summed E-state index contributed by atoms with van der Waals surface area (Å²) in [7, 11) is 2.02. The molecule has 0 N–H and O–H groups in total. The summed E-state index contributed by atoms with van der Waals surface area (Å²) in [6, 6.07) is 8.18. The number of likely N-dealkylation sites (N-methyl/N-ethyl adjacent to an activating group) is 1. The zero-order valence-electron chi connectivity index (χ0n) is 12.5. The molecule has 0 radical (unpaired) electrons. The van der Waals surface area contributed by atoms with E-state index in [1.165, 1.54) is 10.5 Å². The molecular formula is C16H21ClN2O2. The monoisotopic (exact) mass is 308 g/mol. The lowest BCUT2D eigenvalue weighted by Crippen LogP contribution is -2.40. The predicted molar refractivity (Wildman–Crippen MR) is 83.2 cm³/mol. The Balaban J connectivity index is 1.82. The lowest BCUT2D eigenvalue weighted by Gasteiger charge is -2.26. The number of carbonyl (C=O) groups excluding carboxylic acids is 2. The van der Waals surface area contributed by atoms with Crippen LogP contribution < -0.4 is 0 Å². The minimum Gasteiger partial charge on any atom is -0.302 e. The summed E-state index contributed by atoms with van der Waals surface area (Å²) in [5.41, 5.74) is 1.23. The number of amides is 2. The fourth-order valence-corrected chi connectivity index (χ4v) is 2.59. The fourth-order valence-electron chi connectivity index (χ4n) is 2.47. The Kier molecular flexibility index (Phi) is 5.37. The van der Waals surface area contributed by atoms with Crippen LogP contribution >= 0.6 is 11.6 Å². The molecule has 1 heterocycles. The molecule has 0 aromatic heterocycles. The Morgan fingerprint density at radius 2 is 1.76 bits per heavy atom. The number of nitrogens with zero attached hydrogens (tertiary/aromatic N) is 2. The summed E-state index contributed by atoms with van der Waals surface area (Å²) in [6.07, 6.45) is 1.64. The standard InChI is InChI=1S/C16H21ClN2O2/c1-12(11-13-3-5-14(17)6-4-13)18(2)9-10-19-15(20)7-8-16(19)21/h3-6,12H,7-11H2,1-2H3. The second-order valence-electron chi connectivity index (χ2n) is 5.60. The molecule has 0 saturated carbocycles. The van der Waals surface area contributed by atoms with Gasteiger partial charge in [-0.3, -0.25) is 14.5 Å². The van der Waals surface area contributed by atoms with Gasteiger partial charge in [0, 0.05) is 37.0 Å². The molecule has 0 spiro atoms. The van der Waals surface area contributed by atoms with E-state index in [0.717, 1.165) is 11.4 Å². The number of imide groups is 1. The van der Waals surface area contributed by atoms with Crippen molar-refractivity contribution in [2.45, 2.75) is 32.2 Å². The second-order valence-corrected chi connectivity index (χ2v) is 6.04. The van der Waals surface area contributed by atoms with Crippen LogP contribution in [0.1, 0.15) is 25.3 Å². The van der Waals surface area contributed by atoms with E-state index >= 15 is 0 Å². The highest BCUT2D eigenvalue weighted by molar-refractivity contribution is 6.30. The van der Waals surface area contributed by atoms with Crippen LogP contribution in [-0.2, 0) is 16.0 Å². The summed E-state index contributed by atoms with van der Waals surface area (Å²) >= 11 is 5.88. The molecule has 1 saturated heterocycles. The van der Waals surface area contributed by atoms with Gasteiger partial charge in [-0.25, -0.2) is 0 Å². The highest BCUT2D eigenvalue weighted by atomic mass is 35.5. The molecule has 1 aromatic rings. The van der Waals surface area contributed by atoms with Crippen LogP contribution in [0.2, 0.25) is 5.02 Å². The molecule has 1 fully saturated rings. The number of likely N-dealkylation sites (tertiary alicyclic amines) is 1. The van der Waals surface area contributed by atoms with Gasteiger partial charge in [-0.1, -0.05) is 23.7 Å². The van der Waals surface area contributed by atoms with Gasteiger partial charge in [-0.05, 0) is 38.1 Å². The van der Waals surface area contributed by atoms with Gasteiger partial charge in [-0.2, -0.15) is 0 Å². The van der Waals surface area contributed by atoms with Gasteiger partial charge in [0.15, 0.2) is 0 Å². The lowest BCUT2D eigenvalue weighted by molar-refractivity contribution is -0.138. The van der Waals surface area contributed by atoms with Gasteiger partial charge in [0.05, 0.1) is 0 Å². The molecule has 2 rings (SSSR count). The molecule has 0 bridgehead atoms. The topological polar surface area (TPSA) is 40.6 Å². The maximum atomic E-state index is 11.6. The predicted octanol–water partition coefficient (Wildman–Crippen LogP) is 2.35. The Morgan fingerprint density at radius 1 is 1.19 bits per heavy atom. The zero-order valence-corrected chi connectivity index (χ0v) is 13.3. The maximum absolute atomic E-state index is 11.6. The SMILES string of the molecule is CC(Cc1ccc(Cl)cc1)N(C)CCN1C(=O)CCC1=O. The molecule has 21 heavy (non-hydrogen) atoms. The first kappa shape index (κ1) is 16.0. The molecule has 4 nitrogen and oxygen atoms in total. The van der Waals surface area contributed by atoms with Crippen LogP contribution in [0.4, 0.5) is 0 Å². The minimum atomic E-state index is -0.0428. The highest BCUT2D eigenvalue weighted by Gasteiger charge is 2.28. The molecule has 1 atom stereocenters. The number of halogens is 1. The average molecular weight is 309 g/mol. The third-order valence-corrected chi connectivity index (χ3v) is 4.28. The van der Waals surface area contributed by atoms with Crippen LogP contribution in [0.3, 0.4) is 0 Å². The third-order valence-electron chi connectivity index (χ3n) is 4.03. The van der Waals surface area contributed by atoms with Crippen molar-refractivity contribution >= 4 is 23.4 Å². The van der Waals surface area contributed by atoms with Crippen molar-refractivity contribution in [3.8, 4) is 0 Å². The first-order chi connectivity index (χ1) is 9.97. The first-order valence-electron chi connectivity index (χ1n) is 7.25. The molecule has 114 valence electrons. The van der Waals surface area contributed by atoms with E-state index in [2.05, 4.69) is 11.8 Å². The molecule has 1 aliphatic rings. The van der Waals surface area contributed by atoms with Crippen LogP contribution in [-0.4, -0.2) is 47.8 Å². The molecule has 1 aromatic carbocycles. The van der Waals surface area contributed by atoms with Crippen molar-refractivity contribution in [3.63, 3.8) is 0 Å². The maximum Gasteiger partial charge on any atom is 0.229 e. The van der Waals surface area contributed by atoms with Crippen molar-refractivity contribution in [3.05, 3.63) is 34.9 Å². The van der Waals surface area contributed by atoms with E-state index in [0.29, 0.717) is 32.0 Å².